The van der Waals surface area contributed by atoms with Crippen molar-refractivity contribution in [2.75, 3.05) is 6.61 Å². The van der Waals surface area contributed by atoms with Crippen LogP contribution in [0.5, 0.6) is 0 Å². The Balaban J connectivity index is 2.33. The molecule has 1 aliphatic rings. The van der Waals surface area contributed by atoms with Crippen molar-refractivity contribution in [3.05, 3.63) is 47.0 Å². The topological polar surface area (TPSA) is 20.2 Å². The van der Waals surface area contributed by atoms with Crippen LogP contribution in [0.25, 0.3) is 10.8 Å². The van der Waals surface area contributed by atoms with E-state index in [4.69, 9.17) is 11.6 Å². The number of benzene rings is 2. The zero-order chi connectivity index (χ0) is 11.2. The standard InChI is InChI=1S/C14H13ClO/c15-12-6-2-4-10-3-1-5-11(13(10)12)14(9-16)7-8-14/h1-6,16H,7-9H2. The molecule has 0 spiro atoms. The molecular weight excluding hydrogens is 220 g/mol. The van der Waals surface area contributed by atoms with Gasteiger partial charge in [-0.1, -0.05) is 41.9 Å². The van der Waals surface area contributed by atoms with Crippen LogP contribution < -0.4 is 0 Å². The van der Waals surface area contributed by atoms with Crippen LogP contribution in [0.4, 0.5) is 0 Å². The highest BCUT2D eigenvalue weighted by molar-refractivity contribution is 6.35. The molecule has 0 aromatic heterocycles. The van der Waals surface area contributed by atoms with E-state index in [1.54, 1.807) is 0 Å². The molecule has 0 saturated heterocycles. The maximum absolute atomic E-state index is 9.52. The maximum atomic E-state index is 9.52. The number of hydrogen-bond acceptors (Lipinski definition) is 1. The molecular formula is C14H13ClO. The molecule has 1 aliphatic carbocycles. The number of hydrogen-bond donors (Lipinski definition) is 1. The Kier molecular flexibility index (Phi) is 2.20. The Morgan fingerprint density at radius 2 is 1.81 bits per heavy atom. The lowest BCUT2D eigenvalue weighted by Gasteiger charge is -2.16. The highest BCUT2D eigenvalue weighted by atomic mass is 35.5. The highest BCUT2D eigenvalue weighted by Gasteiger charge is 2.44. The third-order valence-electron chi connectivity index (χ3n) is 3.58. The van der Waals surface area contributed by atoms with Crippen molar-refractivity contribution in [2.24, 2.45) is 0 Å². The van der Waals surface area contributed by atoms with Gasteiger partial charge in [0, 0.05) is 15.8 Å². The van der Waals surface area contributed by atoms with Gasteiger partial charge in [-0.2, -0.15) is 0 Å². The minimum absolute atomic E-state index is 0.0233. The van der Waals surface area contributed by atoms with E-state index in [1.165, 1.54) is 5.56 Å². The van der Waals surface area contributed by atoms with Gasteiger partial charge >= 0.3 is 0 Å². The van der Waals surface area contributed by atoms with Crippen molar-refractivity contribution < 1.29 is 5.11 Å². The Hall–Kier alpha value is -1.05. The lowest BCUT2D eigenvalue weighted by atomic mass is 9.91. The summed E-state index contributed by atoms with van der Waals surface area (Å²) in [5, 5.41) is 12.6. The van der Waals surface area contributed by atoms with Gasteiger partial charge in [0.15, 0.2) is 0 Å². The highest BCUT2D eigenvalue weighted by Crippen LogP contribution is 2.50. The van der Waals surface area contributed by atoms with E-state index >= 15 is 0 Å². The molecule has 1 saturated carbocycles. The van der Waals surface area contributed by atoms with Crippen LogP contribution in [0, 0.1) is 0 Å². The second-order valence-corrected chi connectivity index (χ2v) is 4.99. The molecule has 2 aromatic carbocycles. The third-order valence-corrected chi connectivity index (χ3v) is 3.90. The molecule has 0 heterocycles. The van der Waals surface area contributed by atoms with E-state index in [0.29, 0.717) is 0 Å². The summed E-state index contributed by atoms with van der Waals surface area (Å²) < 4.78 is 0. The van der Waals surface area contributed by atoms with Crippen LogP contribution >= 0.6 is 11.6 Å². The SMILES string of the molecule is OCC1(c2cccc3cccc(Cl)c23)CC1. The van der Waals surface area contributed by atoms with Gasteiger partial charge in [-0.05, 0) is 29.9 Å². The molecule has 82 valence electrons. The molecule has 0 bridgehead atoms. The summed E-state index contributed by atoms with van der Waals surface area (Å²) >= 11 is 6.27. The van der Waals surface area contributed by atoms with Gasteiger partial charge in [0.1, 0.15) is 0 Å². The average Bonchev–Trinajstić information content (AvgIpc) is 3.10. The van der Waals surface area contributed by atoms with Crippen LogP contribution in [0.3, 0.4) is 0 Å². The van der Waals surface area contributed by atoms with Crippen molar-refractivity contribution in [2.45, 2.75) is 18.3 Å². The fourth-order valence-corrected chi connectivity index (χ4v) is 2.68. The fourth-order valence-electron chi connectivity index (χ4n) is 2.40. The van der Waals surface area contributed by atoms with Gasteiger partial charge in [-0.15, -0.1) is 0 Å². The molecule has 2 heteroatoms. The summed E-state index contributed by atoms with van der Waals surface area (Å²) in [7, 11) is 0. The molecule has 1 N–H and O–H groups in total. The van der Waals surface area contributed by atoms with Gasteiger partial charge in [0.05, 0.1) is 6.61 Å². The first-order chi connectivity index (χ1) is 7.77. The van der Waals surface area contributed by atoms with Gasteiger partial charge in [0.2, 0.25) is 0 Å². The first kappa shape index (κ1) is 10.1. The summed E-state index contributed by atoms with van der Waals surface area (Å²) in [5.41, 5.74) is 1.18. The van der Waals surface area contributed by atoms with Gasteiger partial charge < -0.3 is 5.11 Å². The average molecular weight is 233 g/mol. The van der Waals surface area contributed by atoms with Crippen molar-refractivity contribution in [3.8, 4) is 0 Å². The van der Waals surface area contributed by atoms with Crippen LogP contribution in [0.1, 0.15) is 18.4 Å². The minimum atomic E-state index is -0.0233. The lowest BCUT2D eigenvalue weighted by molar-refractivity contribution is 0.256. The van der Waals surface area contributed by atoms with Gasteiger partial charge in [-0.25, -0.2) is 0 Å². The van der Waals surface area contributed by atoms with Crippen LogP contribution in [0.15, 0.2) is 36.4 Å². The molecule has 3 rings (SSSR count). The van der Waals surface area contributed by atoms with Crippen LogP contribution in [-0.4, -0.2) is 11.7 Å². The number of aliphatic hydroxyl groups excluding tert-OH is 1. The molecule has 0 amide bonds. The molecule has 16 heavy (non-hydrogen) atoms. The molecule has 0 unspecified atom stereocenters. The van der Waals surface area contributed by atoms with E-state index < -0.39 is 0 Å². The van der Waals surface area contributed by atoms with Gasteiger partial charge in [0.25, 0.3) is 0 Å². The number of halogens is 1. The second kappa shape index (κ2) is 3.47. The Morgan fingerprint density at radius 1 is 1.12 bits per heavy atom. The fraction of sp³-hybridized carbons (Fsp3) is 0.286. The van der Waals surface area contributed by atoms with Gasteiger partial charge in [-0.3, -0.25) is 0 Å². The zero-order valence-corrected chi connectivity index (χ0v) is 9.67. The minimum Gasteiger partial charge on any atom is -0.395 e. The first-order valence-electron chi connectivity index (χ1n) is 5.55. The molecule has 1 fully saturated rings. The maximum Gasteiger partial charge on any atom is 0.0528 e. The van der Waals surface area contributed by atoms with E-state index in [1.807, 2.05) is 18.2 Å². The number of rotatable bonds is 2. The van der Waals surface area contributed by atoms with Crippen molar-refractivity contribution in [1.29, 1.82) is 0 Å². The smallest absolute Gasteiger partial charge is 0.0528 e. The monoisotopic (exact) mass is 232 g/mol. The van der Waals surface area contributed by atoms with Crippen molar-refractivity contribution >= 4 is 22.4 Å². The predicted octanol–water partition coefficient (Wildman–Crippen LogP) is 3.52. The normalized spacial score (nSPS) is 17.6. The first-order valence-corrected chi connectivity index (χ1v) is 5.93. The largest absolute Gasteiger partial charge is 0.395 e. The van der Waals surface area contributed by atoms with Crippen LogP contribution in [-0.2, 0) is 5.41 Å². The summed E-state index contributed by atoms with van der Waals surface area (Å²) in [6, 6.07) is 12.2. The van der Waals surface area contributed by atoms with Crippen molar-refractivity contribution in [3.63, 3.8) is 0 Å². The number of aliphatic hydroxyl groups is 1. The summed E-state index contributed by atoms with van der Waals surface area (Å²) in [6.45, 7) is 0.220. The predicted molar refractivity (Wildman–Crippen MR) is 67.0 cm³/mol. The van der Waals surface area contributed by atoms with Crippen molar-refractivity contribution in [1.82, 2.24) is 0 Å². The number of fused-ring (bicyclic) bond motifs is 1. The molecule has 2 aromatic rings. The summed E-state index contributed by atoms with van der Waals surface area (Å²) in [4.78, 5) is 0. The molecule has 0 aliphatic heterocycles. The second-order valence-electron chi connectivity index (χ2n) is 4.58. The molecule has 0 atom stereocenters. The zero-order valence-electron chi connectivity index (χ0n) is 8.91. The Labute approximate surface area is 99.7 Å². The third kappa shape index (κ3) is 1.35. The molecule has 1 nitrogen and oxygen atoms in total. The van der Waals surface area contributed by atoms with E-state index in [2.05, 4.69) is 18.2 Å². The van der Waals surface area contributed by atoms with Crippen LogP contribution in [0.2, 0.25) is 5.02 Å². The Morgan fingerprint density at radius 3 is 2.44 bits per heavy atom. The summed E-state index contributed by atoms with van der Waals surface area (Å²) in [6.07, 6.45) is 2.13. The lowest BCUT2D eigenvalue weighted by Crippen LogP contribution is -2.12. The van der Waals surface area contributed by atoms with E-state index in [9.17, 15) is 5.11 Å². The quantitative estimate of drug-likeness (QED) is 0.840. The Bertz CT molecular complexity index is 538. The molecule has 0 radical (unpaired) electrons. The van der Waals surface area contributed by atoms with E-state index in [-0.39, 0.29) is 12.0 Å². The van der Waals surface area contributed by atoms with E-state index in [0.717, 1.165) is 28.6 Å². The summed E-state index contributed by atoms with van der Waals surface area (Å²) in [5.74, 6) is 0.